The largest absolute Gasteiger partial charge is 0.496 e. The molecule has 0 aromatic heterocycles. The summed E-state index contributed by atoms with van der Waals surface area (Å²) in [5, 5.41) is 0. The van der Waals surface area contributed by atoms with Crippen LogP contribution in [-0.4, -0.2) is 7.11 Å². The van der Waals surface area contributed by atoms with Gasteiger partial charge in [0.15, 0.2) is 0 Å². The minimum Gasteiger partial charge on any atom is -0.496 e. The molecule has 0 atom stereocenters. The summed E-state index contributed by atoms with van der Waals surface area (Å²) in [6, 6.07) is 4.31. The first-order valence-electron chi connectivity index (χ1n) is 3.54. The fourth-order valence-corrected chi connectivity index (χ4v) is 0.995. The van der Waals surface area contributed by atoms with Crippen LogP contribution in [0.15, 0.2) is 18.2 Å². The molecule has 1 nitrogen and oxygen atoms in total. The van der Waals surface area contributed by atoms with Crippen molar-refractivity contribution in [3.63, 3.8) is 0 Å². The first-order valence-corrected chi connectivity index (χ1v) is 3.54. The van der Waals surface area contributed by atoms with Gasteiger partial charge in [-0.2, -0.15) is 0 Å². The third-order valence-corrected chi connectivity index (χ3v) is 1.53. The highest BCUT2D eigenvalue weighted by Gasteiger charge is 2.01. The van der Waals surface area contributed by atoms with Crippen LogP contribution < -0.4 is 4.74 Å². The van der Waals surface area contributed by atoms with Crippen LogP contribution in [0.4, 0.5) is 4.39 Å². The van der Waals surface area contributed by atoms with Crippen LogP contribution in [0.2, 0.25) is 0 Å². The number of benzene rings is 1. The number of hydrogen-bond acceptors (Lipinski definition) is 1. The smallest absolute Gasteiger partial charge is 0.123 e. The first-order chi connectivity index (χ1) is 5.77. The number of methoxy groups -OCH3 is 1. The van der Waals surface area contributed by atoms with Crippen molar-refractivity contribution < 1.29 is 9.13 Å². The second-order valence-corrected chi connectivity index (χ2v) is 2.34. The van der Waals surface area contributed by atoms with E-state index >= 15 is 0 Å². The van der Waals surface area contributed by atoms with E-state index in [1.807, 2.05) is 0 Å². The molecule has 0 aliphatic carbocycles. The van der Waals surface area contributed by atoms with E-state index in [2.05, 4.69) is 5.92 Å². The second kappa shape index (κ2) is 3.77. The second-order valence-electron chi connectivity index (χ2n) is 2.34. The molecule has 0 unspecified atom stereocenters. The Bertz CT molecular complexity index is 312. The van der Waals surface area contributed by atoms with E-state index in [0.717, 1.165) is 0 Å². The molecule has 0 saturated carbocycles. The summed E-state index contributed by atoms with van der Waals surface area (Å²) in [6.45, 7) is 0. The van der Waals surface area contributed by atoms with Crippen LogP contribution in [0.25, 0.3) is 0 Å². The summed E-state index contributed by atoms with van der Waals surface area (Å²) >= 11 is 0. The Kier molecular flexibility index (Phi) is 2.71. The molecule has 62 valence electrons. The number of hydrogen-bond donors (Lipinski definition) is 0. The quantitative estimate of drug-likeness (QED) is 0.607. The fourth-order valence-electron chi connectivity index (χ4n) is 0.995. The number of ether oxygens (including phenoxy) is 1. The maximum absolute atomic E-state index is 12.7. The van der Waals surface area contributed by atoms with Gasteiger partial charge in [0.2, 0.25) is 0 Å². The Morgan fingerprint density at radius 3 is 2.92 bits per heavy atom. The van der Waals surface area contributed by atoms with Crippen LogP contribution in [0, 0.1) is 18.2 Å². The SMILES string of the molecule is C#CCc1cc(F)ccc1OC. The predicted octanol–water partition coefficient (Wildman–Crippen LogP) is 2.01. The van der Waals surface area contributed by atoms with E-state index in [9.17, 15) is 4.39 Å². The fraction of sp³-hybridized carbons (Fsp3) is 0.200. The highest BCUT2D eigenvalue weighted by atomic mass is 19.1. The van der Waals surface area contributed by atoms with Crippen molar-refractivity contribution in [1.29, 1.82) is 0 Å². The zero-order chi connectivity index (χ0) is 8.97. The standard InChI is InChI=1S/C10H9FO/c1-3-4-8-7-9(11)5-6-10(8)12-2/h1,5-7H,4H2,2H3. The molecule has 0 amide bonds. The maximum Gasteiger partial charge on any atom is 0.123 e. The lowest BCUT2D eigenvalue weighted by molar-refractivity contribution is 0.409. The molecule has 0 saturated heterocycles. The van der Waals surface area contributed by atoms with Crippen molar-refractivity contribution in [3.8, 4) is 18.1 Å². The van der Waals surface area contributed by atoms with E-state index in [0.29, 0.717) is 17.7 Å². The van der Waals surface area contributed by atoms with Gasteiger partial charge in [-0.15, -0.1) is 12.3 Å². The van der Waals surface area contributed by atoms with Gasteiger partial charge in [-0.3, -0.25) is 0 Å². The minimum absolute atomic E-state index is 0.291. The van der Waals surface area contributed by atoms with Gasteiger partial charge in [-0.05, 0) is 18.2 Å². The highest BCUT2D eigenvalue weighted by Crippen LogP contribution is 2.19. The average Bonchev–Trinajstić information content (AvgIpc) is 2.05. The van der Waals surface area contributed by atoms with Crippen molar-refractivity contribution in [3.05, 3.63) is 29.6 Å². The van der Waals surface area contributed by atoms with E-state index < -0.39 is 0 Å². The van der Waals surface area contributed by atoms with Crippen LogP contribution >= 0.6 is 0 Å². The summed E-state index contributed by atoms with van der Waals surface area (Å²) < 4.78 is 17.7. The van der Waals surface area contributed by atoms with Crippen molar-refractivity contribution in [2.24, 2.45) is 0 Å². The summed E-state index contributed by atoms with van der Waals surface area (Å²) in [6.07, 6.45) is 5.50. The summed E-state index contributed by atoms with van der Waals surface area (Å²) in [5.74, 6) is 2.78. The van der Waals surface area contributed by atoms with Crippen LogP contribution in [-0.2, 0) is 6.42 Å². The highest BCUT2D eigenvalue weighted by molar-refractivity contribution is 5.36. The molecule has 0 radical (unpaired) electrons. The third-order valence-electron chi connectivity index (χ3n) is 1.53. The number of rotatable bonds is 2. The zero-order valence-electron chi connectivity index (χ0n) is 6.80. The summed E-state index contributed by atoms with van der Waals surface area (Å²) in [4.78, 5) is 0. The lowest BCUT2D eigenvalue weighted by Gasteiger charge is -2.04. The molecule has 1 aromatic rings. The Labute approximate surface area is 71.2 Å². The molecule has 1 aromatic carbocycles. The molecule has 2 heteroatoms. The van der Waals surface area contributed by atoms with Crippen molar-refractivity contribution >= 4 is 0 Å². The van der Waals surface area contributed by atoms with Crippen molar-refractivity contribution in [1.82, 2.24) is 0 Å². The molecule has 0 fully saturated rings. The first kappa shape index (κ1) is 8.61. The summed E-state index contributed by atoms with van der Waals surface area (Å²) in [7, 11) is 1.53. The van der Waals surface area contributed by atoms with Crippen molar-refractivity contribution in [2.75, 3.05) is 7.11 Å². The monoisotopic (exact) mass is 164 g/mol. The maximum atomic E-state index is 12.7. The van der Waals surface area contributed by atoms with Crippen LogP contribution in [0.1, 0.15) is 5.56 Å². The van der Waals surface area contributed by atoms with Gasteiger partial charge >= 0.3 is 0 Å². The van der Waals surface area contributed by atoms with E-state index in [1.54, 1.807) is 6.07 Å². The number of terminal acetylenes is 1. The molecule has 0 spiro atoms. The Hall–Kier alpha value is -1.49. The third kappa shape index (κ3) is 1.76. The molecule has 0 heterocycles. The number of halogens is 1. The molecule has 1 rings (SSSR count). The molecular weight excluding hydrogens is 155 g/mol. The predicted molar refractivity (Wildman–Crippen MR) is 45.5 cm³/mol. The van der Waals surface area contributed by atoms with Gasteiger partial charge < -0.3 is 4.74 Å². The van der Waals surface area contributed by atoms with E-state index in [-0.39, 0.29) is 5.82 Å². The zero-order valence-corrected chi connectivity index (χ0v) is 6.80. The summed E-state index contributed by atoms with van der Waals surface area (Å²) in [5.41, 5.74) is 0.708. The van der Waals surface area contributed by atoms with E-state index in [1.165, 1.54) is 19.2 Å². The molecular formula is C10H9FO. The van der Waals surface area contributed by atoms with Crippen LogP contribution in [0.5, 0.6) is 5.75 Å². The Balaban J connectivity index is 3.05. The van der Waals surface area contributed by atoms with Gasteiger partial charge in [0.25, 0.3) is 0 Å². The van der Waals surface area contributed by atoms with Gasteiger partial charge in [-0.1, -0.05) is 0 Å². The van der Waals surface area contributed by atoms with Gasteiger partial charge in [0.05, 0.1) is 7.11 Å². The van der Waals surface area contributed by atoms with Gasteiger partial charge in [0.1, 0.15) is 11.6 Å². The Morgan fingerprint density at radius 2 is 2.33 bits per heavy atom. The Morgan fingerprint density at radius 1 is 1.58 bits per heavy atom. The van der Waals surface area contributed by atoms with Crippen molar-refractivity contribution in [2.45, 2.75) is 6.42 Å². The molecule has 0 bridgehead atoms. The topological polar surface area (TPSA) is 9.23 Å². The van der Waals surface area contributed by atoms with Gasteiger partial charge in [-0.25, -0.2) is 4.39 Å². The van der Waals surface area contributed by atoms with E-state index in [4.69, 9.17) is 11.2 Å². The minimum atomic E-state index is -0.291. The van der Waals surface area contributed by atoms with Gasteiger partial charge in [0, 0.05) is 12.0 Å². The molecule has 0 N–H and O–H groups in total. The lowest BCUT2D eigenvalue weighted by atomic mass is 10.1. The molecule has 0 aliphatic rings. The lowest BCUT2D eigenvalue weighted by Crippen LogP contribution is -1.91. The van der Waals surface area contributed by atoms with Crippen LogP contribution in [0.3, 0.4) is 0 Å². The average molecular weight is 164 g/mol. The molecule has 12 heavy (non-hydrogen) atoms. The molecule has 0 aliphatic heterocycles. The normalized spacial score (nSPS) is 9.08.